The summed E-state index contributed by atoms with van der Waals surface area (Å²) in [6, 6.07) is 0. The van der Waals surface area contributed by atoms with Crippen molar-refractivity contribution in [1.82, 2.24) is 0 Å². The monoisotopic (exact) mass is 404 g/mol. The van der Waals surface area contributed by atoms with Crippen LogP contribution < -0.4 is 0 Å². The minimum absolute atomic E-state index is 0.174. The van der Waals surface area contributed by atoms with E-state index in [1.165, 1.54) is 12.5 Å². The molecule has 29 heavy (non-hydrogen) atoms. The van der Waals surface area contributed by atoms with E-state index in [-0.39, 0.29) is 16.7 Å². The molecule has 164 valence electrons. The van der Waals surface area contributed by atoms with Gasteiger partial charge in [-0.05, 0) is 62.7 Å². The first-order valence-corrected chi connectivity index (χ1v) is 11.2. The minimum Gasteiger partial charge on any atom is -0.456 e. The average molecular weight is 405 g/mol. The Morgan fingerprint density at radius 2 is 1.79 bits per heavy atom. The summed E-state index contributed by atoms with van der Waals surface area (Å²) in [5.74, 6) is -0.296. The fraction of sp³-hybridized carbons (Fsp3) is 0.800. The molecule has 4 heteroatoms. The lowest BCUT2D eigenvalue weighted by Gasteiger charge is -2.66. The van der Waals surface area contributed by atoms with E-state index in [0.29, 0.717) is 18.8 Å². The minimum atomic E-state index is -0.975. The van der Waals surface area contributed by atoms with Crippen molar-refractivity contribution < 1.29 is 19.7 Å². The summed E-state index contributed by atoms with van der Waals surface area (Å²) in [5.41, 5.74) is -0.833. The van der Waals surface area contributed by atoms with Crippen LogP contribution in [0.5, 0.6) is 0 Å². The molecule has 3 rings (SSSR count). The summed E-state index contributed by atoms with van der Waals surface area (Å²) in [7, 11) is 0. The molecule has 2 N–H and O–H groups in total. The molecular formula is C25H40O4. The second kappa shape index (κ2) is 7.23. The average Bonchev–Trinajstić information content (AvgIpc) is 2.57. The number of carbonyl (C=O) groups is 1. The Hall–Kier alpha value is -1.13. The van der Waals surface area contributed by atoms with E-state index in [0.717, 1.165) is 24.8 Å². The molecule has 0 aromatic heterocycles. The van der Waals surface area contributed by atoms with E-state index in [1.54, 1.807) is 6.08 Å². The van der Waals surface area contributed by atoms with Crippen LogP contribution in [0.15, 0.2) is 24.3 Å². The van der Waals surface area contributed by atoms with Gasteiger partial charge >= 0.3 is 5.97 Å². The molecule has 3 aliphatic rings. The summed E-state index contributed by atoms with van der Waals surface area (Å²) in [6.45, 7) is 16.5. The van der Waals surface area contributed by atoms with Gasteiger partial charge in [0.1, 0.15) is 12.2 Å². The smallest absolute Gasteiger partial charge is 0.331 e. The van der Waals surface area contributed by atoms with Gasteiger partial charge in [0.2, 0.25) is 0 Å². The zero-order valence-corrected chi connectivity index (χ0v) is 19.1. The highest BCUT2D eigenvalue weighted by molar-refractivity contribution is 5.82. The number of rotatable bonds is 3. The lowest BCUT2D eigenvalue weighted by molar-refractivity contribution is -0.269. The van der Waals surface area contributed by atoms with E-state index in [4.69, 9.17) is 4.74 Å². The third-order valence-electron chi connectivity index (χ3n) is 8.56. The molecule has 4 nitrogen and oxygen atoms in total. The van der Waals surface area contributed by atoms with Crippen LogP contribution in [0.3, 0.4) is 0 Å². The molecule has 0 saturated heterocycles. The van der Waals surface area contributed by atoms with Crippen LogP contribution in [0.4, 0.5) is 0 Å². The molecule has 0 amide bonds. The van der Waals surface area contributed by atoms with Gasteiger partial charge in [-0.15, -0.1) is 6.58 Å². The number of fused-ring (bicyclic) bond motifs is 3. The van der Waals surface area contributed by atoms with Gasteiger partial charge in [0.05, 0.1) is 5.60 Å². The molecule has 0 aromatic carbocycles. The second-order valence-electron chi connectivity index (χ2n) is 11.5. The van der Waals surface area contributed by atoms with Gasteiger partial charge in [-0.2, -0.15) is 0 Å². The van der Waals surface area contributed by atoms with Crippen molar-refractivity contribution in [3.8, 4) is 0 Å². The quantitative estimate of drug-likeness (QED) is 0.403. The summed E-state index contributed by atoms with van der Waals surface area (Å²) in [6.07, 6.45) is 6.91. The van der Waals surface area contributed by atoms with Crippen LogP contribution >= 0.6 is 0 Å². The normalized spacial score (nSPS) is 46.1. The van der Waals surface area contributed by atoms with Gasteiger partial charge in [0, 0.05) is 17.4 Å². The highest BCUT2D eigenvalue weighted by atomic mass is 16.6. The lowest BCUT2D eigenvalue weighted by Crippen LogP contribution is -2.70. The number of allylic oxidation sites excluding steroid dienone is 1. The number of aliphatic hydroxyl groups excluding tert-OH is 1. The third-order valence-corrected chi connectivity index (χ3v) is 8.56. The van der Waals surface area contributed by atoms with Gasteiger partial charge in [-0.3, -0.25) is 0 Å². The van der Waals surface area contributed by atoms with Crippen molar-refractivity contribution in [2.24, 2.45) is 28.1 Å². The predicted molar refractivity (Wildman–Crippen MR) is 115 cm³/mol. The lowest BCUT2D eigenvalue weighted by atomic mass is 9.41. The van der Waals surface area contributed by atoms with Crippen LogP contribution in [0.1, 0.15) is 80.1 Å². The van der Waals surface area contributed by atoms with Gasteiger partial charge < -0.3 is 14.9 Å². The molecule has 3 aliphatic carbocycles. The Kier molecular flexibility index (Phi) is 5.62. The molecule has 0 aliphatic heterocycles. The number of carbonyl (C=O) groups excluding carboxylic acids is 1. The Labute approximate surface area is 176 Å². The first kappa shape index (κ1) is 22.6. The van der Waals surface area contributed by atoms with Crippen LogP contribution in [0, 0.1) is 28.1 Å². The third kappa shape index (κ3) is 3.61. The van der Waals surface area contributed by atoms with Crippen LogP contribution in [0.25, 0.3) is 0 Å². The van der Waals surface area contributed by atoms with Gasteiger partial charge in [0.15, 0.2) is 0 Å². The fourth-order valence-corrected chi connectivity index (χ4v) is 7.35. The van der Waals surface area contributed by atoms with Crippen molar-refractivity contribution in [2.75, 3.05) is 0 Å². The van der Waals surface area contributed by atoms with Crippen molar-refractivity contribution in [3.63, 3.8) is 0 Å². The van der Waals surface area contributed by atoms with E-state index < -0.39 is 29.2 Å². The van der Waals surface area contributed by atoms with Crippen LogP contribution in [-0.2, 0) is 9.53 Å². The van der Waals surface area contributed by atoms with Crippen LogP contribution in [-0.4, -0.2) is 34.0 Å². The van der Waals surface area contributed by atoms with Crippen molar-refractivity contribution in [2.45, 2.75) is 97.9 Å². The molecule has 3 saturated carbocycles. The molecule has 0 radical (unpaired) electrons. The summed E-state index contributed by atoms with van der Waals surface area (Å²) in [5, 5.41) is 23.3. The zero-order chi connectivity index (χ0) is 21.8. The van der Waals surface area contributed by atoms with Crippen LogP contribution in [0.2, 0.25) is 0 Å². The maximum Gasteiger partial charge on any atom is 0.331 e. The van der Waals surface area contributed by atoms with Crippen molar-refractivity contribution in [3.05, 3.63) is 24.3 Å². The Bertz CT molecular complexity index is 706. The molecular weight excluding hydrogens is 364 g/mol. The number of ether oxygens (including phenoxy) is 1. The van der Waals surface area contributed by atoms with Gasteiger partial charge in [-0.1, -0.05) is 45.8 Å². The number of hydrogen-bond donors (Lipinski definition) is 2. The topological polar surface area (TPSA) is 66.8 Å². The Morgan fingerprint density at radius 1 is 1.14 bits per heavy atom. The molecule has 3 fully saturated rings. The standard InChI is InChI=1S/C25H40O4/c1-8-23(6)15-25(28)13-10-17-22(4,5)11-9-12-24(17,7)20(25)19(21(23)27)29-18(26)14-16(2)3/h8,14,17,19-21,27-28H,1,9-13,15H2,2-7H3/t17-,19-,20+,21+,23+,24-,25+/m0/s1. The second-order valence-corrected chi connectivity index (χ2v) is 11.5. The summed E-state index contributed by atoms with van der Waals surface area (Å²) < 4.78 is 5.96. The van der Waals surface area contributed by atoms with Crippen molar-refractivity contribution in [1.29, 1.82) is 0 Å². The summed E-state index contributed by atoms with van der Waals surface area (Å²) >= 11 is 0. The first-order valence-electron chi connectivity index (χ1n) is 11.2. The van der Waals surface area contributed by atoms with E-state index >= 15 is 0 Å². The number of hydrogen-bond acceptors (Lipinski definition) is 4. The highest BCUT2D eigenvalue weighted by Crippen LogP contribution is 2.66. The van der Waals surface area contributed by atoms with Gasteiger partial charge in [-0.25, -0.2) is 4.79 Å². The molecule has 0 unspecified atom stereocenters. The van der Waals surface area contributed by atoms with Gasteiger partial charge in [0.25, 0.3) is 0 Å². The van der Waals surface area contributed by atoms with E-state index in [9.17, 15) is 15.0 Å². The molecule has 0 heterocycles. The Morgan fingerprint density at radius 3 is 2.38 bits per heavy atom. The fourth-order valence-electron chi connectivity index (χ4n) is 7.35. The maximum absolute atomic E-state index is 12.6. The van der Waals surface area contributed by atoms with E-state index in [1.807, 2.05) is 20.8 Å². The largest absolute Gasteiger partial charge is 0.456 e. The van der Waals surface area contributed by atoms with Crippen molar-refractivity contribution >= 4 is 5.97 Å². The number of esters is 1. The number of aliphatic hydroxyl groups is 2. The SMILES string of the molecule is C=C[C@]1(C)C[C@]2(O)CC[C@H]3C(C)(C)CCC[C@]3(C)[C@H]2[C@H](OC(=O)C=C(C)C)[C@H]1O. The molecule has 7 atom stereocenters. The Balaban J connectivity index is 2.10. The molecule has 0 spiro atoms. The predicted octanol–water partition coefficient (Wildman–Crippen LogP) is 4.80. The molecule has 0 bridgehead atoms. The van der Waals surface area contributed by atoms with E-state index in [2.05, 4.69) is 27.4 Å². The first-order chi connectivity index (χ1) is 13.3. The summed E-state index contributed by atoms with van der Waals surface area (Å²) in [4.78, 5) is 12.6. The zero-order valence-electron chi connectivity index (χ0n) is 19.1. The highest BCUT2D eigenvalue weighted by Gasteiger charge is 2.67. The maximum atomic E-state index is 12.6. The molecule has 0 aromatic rings.